The second kappa shape index (κ2) is 6.02. The average Bonchev–Trinajstić information content (AvgIpc) is 2.19. The highest BCUT2D eigenvalue weighted by molar-refractivity contribution is 5.30. The molecule has 0 N–H and O–H groups in total. The maximum absolute atomic E-state index is 2.37. The molecule has 1 aromatic rings. The van der Waals surface area contributed by atoms with Gasteiger partial charge in [0.15, 0.2) is 0 Å². The molecular weight excluding hydrogens is 196 g/mol. The van der Waals surface area contributed by atoms with E-state index in [2.05, 4.69) is 63.0 Å². The molecule has 0 bridgehead atoms. The molecule has 0 heterocycles. The fraction of sp³-hybridized carbons (Fsp3) is 0.571. The number of hydrogen-bond donors (Lipinski definition) is 0. The SMILES string of the molecule is Cc1ccc(CN(C)CCN(C)C)c(C)c1. The number of rotatable bonds is 5. The van der Waals surface area contributed by atoms with Crippen molar-refractivity contribution in [2.45, 2.75) is 20.4 Å². The highest BCUT2D eigenvalue weighted by atomic mass is 15.1. The van der Waals surface area contributed by atoms with Gasteiger partial charge in [-0.05, 0) is 46.1 Å². The van der Waals surface area contributed by atoms with E-state index >= 15 is 0 Å². The second-order valence-corrected chi connectivity index (χ2v) is 4.97. The molecule has 0 atom stereocenters. The summed E-state index contributed by atoms with van der Waals surface area (Å²) in [6.45, 7) is 7.61. The summed E-state index contributed by atoms with van der Waals surface area (Å²) in [5.41, 5.74) is 4.18. The fourth-order valence-corrected chi connectivity index (χ4v) is 1.76. The van der Waals surface area contributed by atoms with Crippen LogP contribution in [0.15, 0.2) is 18.2 Å². The van der Waals surface area contributed by atoms with Crippen molar-refractivity contribution < 1.29 is 0 Å². The van der Waals surface area contributed by atoms with Gasteiger partial charge in [-0.2, -0.15) is 0 Å². The molecule has 0 radical (unpaired) electrons. The largest absolute Gasteiger partial charge is 0.308 e. The van der Waals surface area contributed by atoms with Gasteiger partial charge in [0.25, 0.3) is 0 Å². The third kappa shape index (κ3) is 4.33. The normalized spacial score (nSPS) is 11.4. The van der Waals surface area contributed by atoms with Crippen LogP contribution < -0.4 is 0 Å². The zero-order chi connectivity index (χ0) is 12.1. The van der Waals surface area contributed by atoms with Crippen LogP contribution in [0.5, 0.6) is 0 Å². The van der Waals surface area contributed by atoms with Crippen LogP contribution in [0.2, 0.25) is 0 Å². The first kappa shape index (κ1) is 13.2. The number of aryl methyl sites for hydroxylation is 2. The molecule has 0 saturated heterocycles. The second-order valence-electron chi connectivity index (χ2n) is 4.97. The van der Waals surface area contributed by atoms with Gasteiger partial charge in [-0.15, -0.1) is 0 Å². The lowest BCUT2D eigenvalue weighted by Gasteiger charge is -2.20. The molecule has 1 rings (SSSR count). The molecule has 0 aliphatic carbocycles. The van der Waals surface area contributed by atoms with Crippen LogP contribution in [0, 0.1) is 13.8 Å². The monoisotopic (exact) mass is 220 g/mol. The lowest BCUT2D eigenvalue weighted by molar-refractivity contribution is 0.276. The molecular formula is C14H24N2. The molecule has 0 aromatic heterocycles. The summed E-state index contributed by atoms with van der Waals surface area (Å²) in [7, 11) is 6.42. The standard InChI is InChI=1S/C14H24N2/c1-12-6-7-14(13(2)10-12)11-16(5)9-8-15(3)4/h6-7,10H,8-9,11H2,1-5H3. The van der Waals surface area contributed by atoms with Crippen molar-refractivity contribution in [3.05, 3.63) is 34.9 Å². The van der Waals surface area contributed by atoms with Crippen molar-refractivity contribution in [3.63, 3.8) is 0 Å². The lowest BCUT2D eigenvalue weighted by Crippen LogP contribution is -2.28. The number of hydrogen-bond acceptors (Lipinski definition) is 2. The summed E-state index contributed by atoms with van der Waals surface area (Å²) in [5.74, 6) is 0. The zero-order valence-electron chi connectivity index (χ0n) is 11.2. The van der Waals surface area contributed by atoms with Gasteiger partial charge in [0.05, 0.1) is 0 Å². The van der Waals surface area contributed by atoms with Gasteiger partial charge in [-0.1, -0.05) is 23.8 Å². The van der Waals surface area contributed by atoms with E-state index in [-0.39, 0.29) is 0 Å². The molecule has 1 aromatic carbocycles. The average molecular weight is 220 g/mol. The smallest absolute Gasteiger partial charge is 0.0233 e. The van der Waals surface area contributed by atoms with E-state index in [0.717, 1.165) is 19.6 Å². The molecule has 0 spiro atoms. The minimum atomic E-state index is 1.04. The van der Waals surface area contributed by atoms with Crippen LogP contribution >= 0.6 is 0 Å². The first-order valence-corrected chi connectivity index (χ1v) is 5.88. The van der Waals surface area contributed by atoms with Gasteiger partial charge in [0, 0.05) is 19.6 Å². The van der Waals surface area contributed by atoms with E-state index in [4.69, 9.17) is 0 Å². The van der Waals surface area contributed by atoms with Crippen molar-refractivity contribution in [2.75, 3.05) is 34.2 Å². The Morgan fingerprint density at radius 3 is 2.25 bits per heavy atom. The fourth-order valence-electron chi connectivity index (χ4n) is 1.76. The summed E-state index contributed by atoms with van der Waals surface area (Å²) in [6.07, 6.45) is 0. The van der Waals surface area contributed by atoms with E-state index in [1.165, 1.54) is 16.7 Å². The Morgan fingerprint density at radius 1 is 1.00 bits per heavy atom. The number of benzene rings is 1. The molecule has 0 aliphatic heterocycles. The Bertz CT molecular complexity index is 332. The van der Waals surface area contributed by atoms with Gasteiger partial charge < -0.3 is 9.80 Å². The van der Waals surface area contributed by atoms with Crippen molar-refractivity contribution in [1.29, 1.82) is 0 Å². The molecule has 90 valence electrons. The first-order valence-electron chi connectivity index (χ1n) is 5.88. The van der Waals surface area contributed by atoms with Gasteiger partial charge >= 0.3 is 0 Å². The maximum atomic E-state index is 2.37. The summed E-state index contributed by atoms with van der Waals surface area (Å²) in [4.78, 5) is 4.59. The van der Waals surface area contributed by atoms with Gasteiger partial charge in [-0.25, -0.2) is 0 Å². The summed E-state index contributed by atoms with van der Waals surface area (Å²) >= 11 is 0. The van der Waals surface area contributed by atoms with Gasteiger partial charge in [-0.3, -0.25) is 0 Å². The molecule has 2 heteroatoms. The van der Waals surface area contributed by atoms with Crippen LogP contribution in [-0.2, 0) is 6.54 Å². The molecule has 0 unspecified atom stereocenters. The third-order valence-electron chi connectivity index (χ3n) is 2.87. The minimum Gasteiger partial charge on any atom is -0.308 e. The Labute approximate surface area is 99.9 Å². The van der Waals surface area contributed by atoms with E-state index < -0.39 is 0 Å². The minimum absolute atomic E-state index is 1.04. The topological polar surface area (TPSA) is 6.48 Å². The predicted octanol–water partition coefficient (Wildman–Crippen LogP) is 2.30. The van der Waals surface area contributed by atoms with Crippen LogP contribution in [0.3, 0.4) is 0 Å². The van der Waals surface area contributed by atoms with Crippen LogP contribution in [0.25, 0.3) is 0 Å². The van der Waals surface area contributed by atoms with Crippen LogP contribution in [0.4, 0.5) is 0 Å². The van der Waals surface area contributed by atoms with Crippen molar-refractivity contribution in [3.8, 4) is 0 Å². The predicted molar refractivity (Wildman–Crippen MR) is 70.8 cm³/mol. The van der Waals surface area contributed by atoms with Crippen molar-refractivity contribution >= 4 is 0 Å². The van der Waals surface area contributed by atoms with E-state index in [1.807, 2.05) is 0 Å². The lowest BCUT2D eigenvalue weighted by atomic mass is 10.1. The zero-order valence-corrected chi connectivity index (χ0v) is 11.2. The quantitative estimate of drug-likeness (QED) is 0.751. The Morgan fingerprint density at radius 2 is 1.69 bits per heavy atom. The Kier molecular flexibility index (Phi) is 4.97. The highest BCUT2D eigenvalue weighted by Gasteiger charge is 2.03. The molecule has 0 amide bonds. The van der Waals surface area contributed by atoms with E-state index in [1.54, 1.807) is 0 Å². The van der Waals surface area contributed by atoms with Crippen molar-refractivity contribution in [2.24, 2.45) is 0 Å². The number of nitrogens with zero attached hydrogens (tertiary/aromatic N) is 2. The van der Waals surface area contributed by atoms with Crippen molar-refractivity contribution in [1.82, 2.24) is 9.80 Å². The summed E-state index contributed by atoms with van der Waals surface area (Å²) < 4.78 is 0. The van der Waals surface area contributed by atoms with E-state index in [9.17, 15) is 0 Å². The van der Waals surface area contributed by atoms with Gasteiger partial charge in [0.1, 0.15) is 0 Å². The van der Waals surface area contributed by atoms with E-state index in [0.29, 0.717) is 0 Å². The first-order chi connectivity index (χ1) is 7.49. The van der Waals surface area contributed by atoms with Crippen LogP contribution in [-0.4, -0.2) is 44.0 Å². The molecule has 0 saturated carbocycles. The van der Waals surface area contributed by atoms with Gasteiger partial charge in [0.2, 0.25) is 0 Å². The maximum Gasteiger partial charge on any atom is 0.0233 e. The Hall–Kier alpha value is -0.860. The van der Waals surface area contributed by atoms with Crippen LogP contribution in [0.1, 0.15) is 16.7 Å². The molecule has 0 aliphatic rings. The molecule has 16 heavy (non-hydrogen) atoms. The third-order valence-corrected chi connectivity index (χ3v) is 2.87. The highest BCUT2D eigenvalue weighted by Crippen LogP contribution is 2.12. The Balaban J connectivity index is 2.52. The summed E-state index contributed by atoms with van der Waals surface area (Å²) in [6, 6.07) is 6.70. The number of likely N-dealkylation sites (N-methyl/N-ethyl adjacent to an activating group) is 2. The summed E-state index contributed by atoms with van der Waals surface area (Å²) in [5, 5.41) is 0. The molecule has 0 fully saturated rings. The molecule has 2 nitrogen and oxygen atoms in total.